The summed E-state index contributed by atoms with van der Waals surface area (Å²) in [5, 5.41) is 8.51. The van der Waals surface area contributed by atoms with E-state index in [-0.39, 0.29) is 6.04 Å². The second-order valence-corrected chi connectivity index (χ2v) is 6.03. The van der Waals surface area contributed by atoms with Gasteiger partial charge in [0, 0.05) is 31.3 Å². The Morgan fingerprint density at radius 3 is 2.71 bits per heavy atom. The number of rotatable bonds is 4. The summed E-state index contributed by atoms with van der Waals surface area (Å²) in [6.45, 7) is 1.88. The van der Waals surface area contributed by atoms with Crippen molar-refractivity contribution in [2.45, 2.75) is 31.8 Å². The average Bonchev–Trinajstić information content (AvgIpc) is 3.14. The van der Waals surface area contributed by atoms with E-state index in [4.69, 9.17) is 4.42 Å². The summed E-state index contributed by atoms with van der Waals surface area (Å²) < 4.78 is 5.96. The van der Waals surface area contributed by atoms with E-state index in [1.165, 1.54) is 18.4 Å². The second-order valence-electron chi connectivity index (χ2n) is 6.03. The topological polar surface area (TPSA) is 67.9 Å². The molecular formula is C18H19N5O. The van der Waals surface area contributed by atoms with Gasteiger partial charge in [0.1, 0.15) is 0 Å². The molecule has 0 saturated carbocycles. The van der Waals surface area contributed by atoms with Crippen molar-refractivity contribution in [1.82, 2.24) is 25.1 Å². The molecule has 0 bridgehead atoms. The van der Waals surface area contributed by atoms with Gasteiger partial charge < -0.3 is 4.42 Å². The molecule has 3 aromatic heterocycles. The van der Waals surface area contributed by atoms with E-state index in [1.54, 1.807) is 18.6 Å². The first-order chi connectivity index (χ1) is 11.9. The first-order valence-electron chi connectivity index (χ1n) is 8.27. The van der Waals surface area contributed by atoms with Crippen molar-refractivity contribution in [2.24, 2.45) is 0 Å². The summed E-state index contributed by atoms with van der Waals surface area (Å²) in [5.41, 5.74) is 2.06. The summed E-state index contributed by atoms with van der Waals surface area (Å²) in [6, 6.07) is 8.04. The van der Waals surface area contributed by atoms with Gasteiger partial charge in [-0.15, -0.1) is 10.2 Å². The van der Waals surface area contributed by atoms with Crippen molar-refractivity contribution in [3.05, 3.63) is 60.5 Å². The number of piperidine rings is 1. The van der Waals surface area contributed by atoms with Crippen molar-refractivity contribution in [1.29, 1.82) is 0 Å². The van der Waals surface area contributed by atoms with Crippen LogP contribution in [0.25, 0.3) is 11.5 Å². The fraction of sp³-hybridized carbons (Fsp3) is 0.333. The molecule has 1 atom stereocenters. The van der Waals surface area contributed by atoms with Crippen LogP contribution in [0.2, 0.25) is 0 Å². The predicted octanol–water partition coefficient (Wildman–Crippen LogP) is 3.25. The summed E-state index contributed by atoms with van der Waals surface area (Å²) >= 11 is 0. The number of hydrogen-bond donors (Lipinski definition) is 0. The molecular weight excluding hydrogens is 302 g/mol. The van der Waals surface area contributed by atoms with Crippen LogP contribution in [0.3, 0.4) is 0 Å². The summed E-state index contributed by atoms with van der Waals surface area (Å²) in [7, 11) is 0. The Bertz CT molecular complexity index is 774. The molecule has 1 saturated heterocycles. The van der Waals surface area contributed by atoms with Crippen LogP contribution in [0.4, 0.5) is 0 Å². The highest BCUT2D eigenvalue weighted by Crippen LogP contribution is 2.32. The number of aromatic nitrogens is 4. The lowest BCUT2D eigenvalue weighted by molar-refractivity contribution is 0.118. The number of nitrogens with zero attached hydrogens (tertiary/aromatic N) is 5. The minimum atomic E-state index is 0.164. The Balaban J connectivity index is 1.56. The van der Waals surface area contributed by atoms with E-state index >= 15 is 0 Å². The van der Waals surface area contributed by atoms with Gasteiger partial charge in [0.2, 0.25) is 11.8 Å². The van der Waals surface area contributed by atoms with Crippen molar-refractivity contribution >= 4 is 0 Å². The molecule has 0 spiro atoms. The Morgan fingerprint density at radius 2 is 1.92 bits per heavy atom. The number of pyridine rings is 2. The minimum Gasteiger partial charge on any atom is -0.419 e. The van der Waals surface area contributed by atoms with E-state index in [9.17, 15) is 0 Å². The zero-order valence-corrected chi connectivity index (χ0v) is 13.4. The number of likely N-dealkylation sites (tertiary alicyclic amines) is 1. The maximum atomic E-state index is 5.96. The summed E-state index contributed by atoms with van der Waals surface area (Å²) in [5.74, 6) is 1.22. The fourth-order valence-corrected chi connectivity index (χ4v) is 3.16. The molecule has 0 unspecified atom stereocenters. The van der Waals surface area contributed by atoms with E-state index in [2.05, 4.69) is 31.1 Å². The molecule has 4 heterocycles. The van der Waals surface area contributed by atoms with Gasteiger partial charge in [-0.3, -0.25) is 14.9 Å². The van der Waals surface area contributed by atoms with Crippen LogP contribution in [0.1, 0.15) is 36.8 Å². The fourth-order valence-electron chi connectivity index (χ4n) is 3.16. The highest BCUT2D eigenvalue weighted by atomic mass is 16.4. The standard InChI is InChI=1S/C18H19N5O/c1-2-10-23(13-14-5-3-8-19-11-14)16(7-1)18-22-21-17(24-18)15-6-4-9-20-12-15/h3-6,8-9,11-12,16H,1-2,7,10,13H2/t16-/m0/s1. The third-order valence-corrected chi connectivity index (χ3v) is 4.36. The molecule has 0 aliphatic carbocycles. The van der Waals surface area contributed by atoms with Crippen molar-refractivity contribution in [3.63, 3.8) is 0 Å². The zero-order valence-electron chi connectivity index (χ0n) is 13.4. The van der Waals surface area contributed by atoms with Crippen LogP contribution in [0.15, 0.2) is 53.5 Å². The van der Waals surface area contributed by atoms with Gasteiger partial charge in [0.25, 0.3) is 0 Å². The smallest absolute Gasteiger partial charge is 0.249 e. The lowest BCUT2D eigenvalue weighted by atomic mass is 10.0. The molecule has 24 heavy (non-hydrogen) atoms. The monoisotopic (exact) mass is 321 g/mol. The lowest BCUT2D eigenvalue weighted by Gasteiger charge is -2.33. The summed E-state index contributed by atoms with van der Waals surface area (Å²) in [4.78, 5) is 10.7. The highest BCUT2D eigenvalue weighted by Gasteiger charge is 2.28. The van der Waals surface area contributed by atoms with Crippen molar-refractivity contribution in [2.75, 3.05) is 6.54 Å². The highest BCUT2D eigenvalue weighted by molar-refractivity contribution is 5.49. The van der Waals surface area contributed by atoms with Gasteiger partial charge in [-0.05, 0) is 43.1 Å². The van der Waals surface area contributed by atoms with Gasteiger partial charge >= 0.3 is 0 Å². The first-order valence-corrected chi connectivity index (χ1v) is 8.27. The average molecular weight is 321 g/mol. The van der Waals surface area contributed by atoms with Crippen LogP contribution in [-0.2, 0) is 6.54 Å². The van der Waals surface area contributed by atoms with Crippen LogP contribution in [0, 0.1) is 0 Å². The van der Waals surface area contributed by atoms with E-state index < -0.39 is 0 Å². The van der Waals surface area contributed by atoms with Gasteiger partial charge in [0.05, 0.1) is 11.6 Å². The molecule has 1 fully saturated rings. The molecule has 0 radical (unpaired) electrons. The Morgan fingerprint density at radius 1 is 1.04 bits per heavy atom. The quantitative estimate of drug-likeness (QED) is 0.735. The maximum absolute atomic E-state index is 5.96. The Kier molecular flexibility index (Phi) is 4.29. The number of hydrogen-bond acceptors (Lipinski definition) is 6. The molecule has 4 rings (SSSR count). The third-order valence-electron chi connectivity index (χ3n) is 4.36. The molecule has 3 aromatic rings. The van der Waals surface area contributed by atoms with E-state index in [0.29, 0.717) is 11.8 Å². The maximum Gasteiger partial charge on any atom is 0.249 e. The normalized spacial score (nSPS) is 18.6. The van der Waals surface area contributed by atoms with E-state index in [1.807, 2.05) is 24.4 Å². The Labute approximate surface area is 140 Å². The molecule has 0 aromatic carbocycles. The molecule has 0 amide bonds. The zero-order chi connectivity index (χ0) is 16.2. The van der Waals surface area contributed by atoms with Crippen LogP contribution < -0.4 is 0 Å². The first kappa shape index (κ1) is 15.0. The van der Waals surface area contributed by atoms with Crippen LogP contribution >= 0.6 is 0 Å². The van der Waals surface area contributed by atoms with Gasteiger partial charge in [-0.25, -0.2) is 0 Å². The van der Waals surface area contributed by atoms with E-state index in [0.717, 1.165) is 25.1 Å². The van der Waals surface area contributed by atoms with Gasteiger partial charge in [-0.2, -0.15) is 0 Å². The molecule has 0 N–H and O–H groups in total. The molecule has 6 nitrogen and oxygen atoms in total. The lowest BCUT2D eigenvalue weighted by Crippen LogP contribution is -2.33. The Hall–Kier alpha value is -2.60. The van der Waals surface area contributed by atoms with Gasteiger partial charge in [-0.1, -0.05) is 12.5 Å². The molecule has 6 heteroatoms. The molecule has 1 aliphatic heterocycles. The predicted molar refractivity (Wildman–Crippen MR) is 88.8 cm³/mol. The largest absolute Gasteiger partial charge is 0.419 e. The summed E-state index contributed by atoms with van der Waals surface area (Å²) in [6.07, 6.45) is 10.6. The minimum absolute atomic E-state index is 0.164. The molecule has 122 valence electrons. The second kappa shape index (κ2) is 6.88. The van der Waals surface area contributed by atoms with Crippen LogP contribution in [-0.4, -0.2) is 31.6 Å². The van der Waals surface area contributed by atoms with Gasteiger partial charge in [0.15, 0.2) is 0 Å². The SMILES string of the molecule is c1cncc(CN2CCCC[C@H]2c2nnc(-c3cccnc3)o2)c1. The third kappa shape index (κ3) is 3.19. The molecule has 1 aliphatic rings. The van der Waals surface area contributed by atoms with Crippen molar-refractivity contribution < 1.29 is 4.42 Å². The van der Waals surface area contributed by atoms with Crippen LogP contribution in [0.5, 0.6) is 0 Å². The van der Waals surface area contributed by atoms with Crippen molar-refractivity contribution in [3.8, 4) is 11.5 Å².